The van der Waals surface area contributed by atoms with Gasteiger partial charge < -0.3 is 10.2 Å². The number of halogens is 3. The van der Waals surface area contributed by atoms with Crippen molar-refractivity contribution in [2.75, 3.05) is 24.5 Å². The van der Waals surface area contributed by atoms with Gasteiger partial charge in [0.1, 0.15) is 5.82 Å². The van der Waals surface area contributed by atoms with E-state index < -0.39 is 11.6 Å². The van der Waals surface area contributed by atoms with Crippen LogP contribution in [0.1, 0.15) is 26.2 Å². The Bertz CT molecular complexity index is 416. The summed E-state index contributed by atoms with van der Waals surface area (Å²) in [5.74, 6) is -1.05. The van der Waals surface area contributed by atoms with E-state index in [4.69, 9.17) is 0 Å². The van der Waals surface area contributed by atoms with Gasteiger partial charge in [-0.15, -0.1) is 0 Å². The van der Waals surface area contributed by atoms with Crippen LogP contribution in [-0.4, -0.2) is 25.7 Å². The number of nitrogens with one attached hydrogen (secondary N) is 1. The van der Waals surface area contributed by atoms with Crippen LogP contribution in [0.25, 0.3) is 0 Å². The number of nitrogens with zero attached hydrogens (tertiary/aromatic N) is 1. The highest BCUT2D eigenvalue weighted by Crippen LogP contribution is 2.32. The van der Waals surface area contributed by atoms with Gasteiger partial charge in [-0.2, -0.15) is 0 Å². The Morgan fingerprint density at radius 1 is 1.42 bits per heavy atom. The van der Waals surface area contributed by atoms with Crippen LogP contribution in [0.3, 0.4) is 0 Å². The molecule has 106 valence electrons. The summed E-state index contributed by atoms with van der Waals surface area (Å²) in [6, 6.07) is 2.65. The molecule has 2 nitrogen and oxygen atoms in total. The zero-order valence-corrected chi connectivity index (χ0v) is 12.6. The zero-order chi connectivity index (χ0) is 13.8. The van der Waals surface area contributed by atoms with Gasteiger partial charge in [0.2, 0.25) is 0 Å². The Kier molecular flexibility index (Phi) is 5.16. The molecule has 0 bridgehead atoms. The second-order valence-electron chi connectivity index (χ2n) is 4.96. The topological polar surface area (TPSA) is 15.3 Å². The van der Waals surface area contributed by atoms with Gasteiger partial charge in [0.15, 0.2) is 5.82 Å². The van der Waals surface area contributed by atoms with Crippen LogP contribution < -0.4 is 10.2 Å². The summed E-state index contributed by atoms with van der Waals surface area (Å²) in [5, 5.41) is 3.47. The van der Waals surface area contributed by atoms with Crippen molar-refractivity contribution in [1.82, 2.24) is 5.32 Å². The standard InChI is InChI=1S/C14H19BrF2N2/c1-2-5-18-11-4-3-6-19(9-11)14-12(15)7-10(16)8-13(14)17/h7-8,11,18H,2-6,9H2,1H3. The zero-order valence-electron chi connectivity index (χ0n) is 11.1. The molecule has 0 spiro atoms. The average molecular weight is 333 g/mol. The van der Waals surface area contributed by atoms with Gasteiger partial charge in [-0.05, 0) is 47.8 Å². The SMILES string of the molecule is CCCNC1CCCN(c2c(F)cc(F)cc2Br)C1. The van der Waals surface area contributed by atoms with Crippen LogP contribution in [0.15, 0.2) is 16.6 Å². The van der Waals surface area contributed by atoms with E-state index in [0.29, 0.717) is 16.2 Å². The van der Waals surface area contributed by atoms with E-state index in [1.807, 2.05) is 4.90 Å². The lowest BCUT2D eigenvalue weighted by molar-refractivity contribution is 0.419. The van der Waals surface area contributed by atoms with Crippen molar-refractivity contribution in [3.05, 3.63) is 28.2 Å². The lowest BCUT2D eigenvalue weighted by Crippen LogP contribution is -2.46. The van der Waals surface area contributed by atoms with Gasteiger partial charge in [-0.3, -0.25) is 0 Å². The van der Waals surface area contributed by atoms with Crippen molar-refractivity contribution in [3.8, 4) is 0 Å². The van der Waals surface area contributed by atoms with Gasteiger partial charge in [0, 0.05) is 29.7 Å². The summed E-state index contributed by atoms with van der Waals surface area (Å²) in [6.07, 6.45) is 3.21. The van der Waals surface area contributed by atoms with E-state index in [9.17, 15) is 8.78 Å². The molecule has 1 aromatic carbocycles. The molecule has 1 atom stereocenters. The summed E-state index contributed by atoms with van der Waals surface area (Å²) in [6.45, 7) is 4.68. The van der Waals surface area contributed by atoms with Crippen LogP contribution in [0.2, 0.25) is 0 Å². The van der Waals surface area contributed by atoms with Crippen LogP contribution in [0, 0.1) is 11.6 Å². The molecule has 0 aromatic heterocycles. The van der Waals surface area contributed by atoms with E-state index >= 15 is 0 Å². The van der Waals surface area contributed by atoms with Gasteiger partial charge >= 0.3 is 0 Å². The number of hydrogen-bond donors (Lipinski definition) is 1. The van der Waals surface area contributed by atoms with Gasteiger partial charge in [-0.1, -0.05) is 6.92 Å². The first-order chi connectivity index (χ1) is 9.11. The number of piperidine rings is 1. The molecule has 2 rings (SSSR count). The molecule has 0 amide bonds. The van der Waals surface area contributed by atoms with E-state index in [1.165, 1.54) is 6.07 Å². The molecular formula is C14H19BrF2N2. The fourth-order valence-electron chi connectivity index (χ4n) is 2.53. The molecule has 1 aliphatic rings. The normalized spacial score (nSPS) is 19.8. The molecule has 5 heteroatoms. The van der Waals surface area contributed by atoms with E-state index in [0.717, 1.165) is 45.0 Å². The van der Waals surface area contributed by atoms with Gasteiger partial charge in [-0.25, -0.2) is 8.78 Å². The van der Waals surface area contributed by atoms with Crippen molar-refractivity contribution in [2.24, 2.45) is 0 Å². The smallest absolute Gasteiger partial charge is 0.150 e. The van der Waals surface area contributed by atoms with Crippen LogP contribution in [-0.2, 0) is 0 Å². The molecular weight excluding hydrogens is 314 g/mol. The Labute approximate surface area is 121 Å². The molecule has 1 heterocycles. The molecule has 1 saturated heterocycles. The minimum atomic E-state index is -0.550. The first-order valence-electron chi connectivity index (χ1n) is 6.74. The molecule has 1 aliphatic heterocycles. The quantitative estimate of drug-likeness (QED) is 0.904. The van der Waals surface area contributed by atoms with Crippen molar-refractivity contribution in [1.29, 1.82) is 0 Å². The first-order valence-corrected chi connectivity index (χ1v) is 7.54. The van der Waals surface area contributed by atoms with Crippen molar-refractivity contribution in [2.45, 2.75) is 32.2 Å². The third kappa shape index (κ3) is 3.66. The van der Waals surface area contributed by atoms with E-state index in [-0.39, 0.29) is 0 Å². The minimum absolute atomic E-state index is 0.380. The minimum Gasteiger partial charge on any atom is -0.367 e. The first kappa shape index (κ1) is 14.7. The van der Waals surface area contributed by atoms with Crippen molar-refractivity contribution < 1.29 is 8.78 Å². The molecule has 1 fully saturated rings. The van der Waals surface area contributed by atoms with Gasteiger partial charge in [0.25, 0.3) is 0 Å². The summed E-state index contributed by atoms with van der Waals surface area (Å²) in [7, 11) is 0. The summed E-state index contributed by atoms with van der Waals surface area (Å²) in [4.78, 5) is 2.00. The highest BCUT2D eigenvalue weighted by Gasteiger charge is 2.23. The third-order valence-corrected chi connectivity index (χ3v) is 4.01. The summed E-state index contributed by atoms with van der Waals surface area (Å²) < 4.78 is 27.5. The summed E-state index contributed by atoms with van der Waals surface area (Å²) >= 11 is 3.26. The molecule has 0 saturated carbocycles. The maximum absolute atomic E-state index is 13.9. The molecule has 0 radical (unpaired) electrons. The highest BCUT2D eigenvalue weighted by atomic mass is 79.9. The van der Waals surface area contributed by atoms with Gasteiger partial charge in [0.05, 0.1) is 5.69 Å². The largest absolute Gasteiger partial charge is 0.367 e. The number of rotatable bonds is 4. The molecule has 1 aromatic rings. The average Bonchev–Trinajstić information content (AvgIpc) is 2.35. The van der Waals surface area contributed by atoms with Crippen molar-refractivity contribution >= 4 is 21.6 Å². The molecule has 0 aliphatic carbocycles. The predicted molar refractivity (Wildman–Crippen MR) is 77.6 cm³/mol. The molecule has 1 unspecified atom stereocenters. The van der Waals surface area contributed by atoms with Crippen LogP contribution in [0.5, 0.6) is 0 Å². The Morgan fingerprint density at radius 3 is 2.89 bits per heavy atom. The van der Waals surface area contributed by atoms with Crippen molar-refractivity contribution in [3.63, 3.8) is 0 Å². The fraction of sp³-hybridized carbons (Fsp3) is 0.571. The van der Waals surface area contributed by atoms with Crippen LogP contribution in [0.4, 0.5) is 14.5 Å². The lowest BCUT2D eigenvalue weighted by Gasteiger charge is -2.35. The number of hydrogen-bond acceptors (Lipinski definition) is 2. The Balaban J connectivity index is 2.13. The van der Waals surface area contributed by atoms with E-state index in [1.54, 1.807) is 0 Å². The Morgan fingerprint density at radius 2 is 2.21 bits per heavy atom. The second-order valence-corrected chi connectivity index (χ2v) is 5.81. The number of benzene rings is 1. The second kappa shape index (κ2) is 6.66. The molecule has 19 heavy (non-hydrogen) atoms. The van der Waals surface area contributed by atoms with E-state index in [2.05, 4.69) is 28.2 Å². The van der Waals surface area contributed by atoms with Crippen LogP contribution >= 0.6 is 15.9 Å². The maximum atomic E-state index is 13.9. The monoisotopic (exact) mass is 332 g/mol. The lowest BCUT2D eigenvalue weighted by atomic mass is 10.0. The highest BCUT2D eigenvalue weighted by molar-refractivity contribution is 9.10. The maximum Gasteiger partial charge on any atom is 0.150 e. The summed E-state index contributed by atoms with van der Waals surface area (Å²) in [5.41, 5.74) is 0.476. The molecule has 1 N–H and O–H groups in total. The Hall–Kier alpha value is -0.680. The number of anilines is 1. The fourth-order valence-corrected chi connectivity index (χ4v) is 3.19. The predicted octanol–water partition coefficient (Wildman–Crippen LogP) is 3.70. The third-order valence-electron chi connectivity index (χ3n) is 3.40.